The van der Waals surface area contributed by atoms with Crippen LogP contribution in [-0.4, -0.2) is 24.1 Å². The number of rotatable bonds is 20. The Balaban J connectivity index is 1.67. The third-order valence-corrected chi connectivity index (χ3v) is 6.15. The van der Waals surface area contributed by atoms with Crippen LogP contribution in [-0.2, 0) is 4.79 Å². The molecule has 7 nitrogen and oxygen atoms in total. The largest absolute Gasteiger partial charge is 0.485 e. The van der Waals surface area contributed by atoms with E-state index in [1.165, 1.54) is 6.92 Å². The predicted molar refractivity (Wildman–Crippen MR) is 174 cm³/mol. The lowest BCUT2D eigenvalue weighted by molar-refractivity contribution is -0.121. The molecule has 0 spiro atoms. The van der Waals surface area contributed by atoms with Crippen LogP contribution in [0.15, 0.2) is 113 Å². The Morgan fingerprint density at radius 3 is 1.84 bits per heavy atom. The summed E-state index contributed by atoms with van der Waals surface area (Å²) in [6.07, 6.45) is 28.4. The smallest absolute Gasteiger partial charge is 0.248 e. The normalized spacial score (nSPS) is 12.1. The van der Waals surface area contributed by atoms with Gasteiger partial charge >= 0.3 is 0 Å². The van der Waals surface area contributed by atoms with E-state index in [4.69, 9.17) is 10.5 Å². The molecule has 0 aromatic heterocycles. The Morgan fingerprint density at radius 2 is 1.28 bits per heavy atom. The molecule has 2 aromatic carbocycles. The maximum absolute atomic E-state index is 12.3. The fourth-order valence-electron chi connectivity index (χ4n) is 3.81. The Kier molecular flexibility index (Phi) is 17.0. The van der Waals surface area contributed by atoms with Crippen LogP contribution < -0.4 is 10.5 Å². The molecule has 1 amide bonds. The zero-order valence-corrected chi connectivity index (χ0v) is 25.3. The first-order valence-corrected chi connectivity index (χ1v) is 14.8. The standard InChI is InChI=1S/C36H43N3O4/c1-3-4-5-6-7-8-9-10-11-12-13-14-15-16-17-18-19-20-33(41)28-43-35-26-25-32(27-34(35)29(2)40)39-38-31-23-21-30(22-24-31)36(37)42/h4-5,7-8,10-11,13-14,16-17,21-27H,3,6,9,12,15,18-20,28H2,1-2H3,(H2,37,42). The molecule has 2 N–H and O–H groups in total. The molecule has 0 aliphatic carbocycles. The molecule has 0 heterocycles. The number of hydrogen-bond donors (Lipinski definition) is 1. The Hall–Kier alpha value is -4.65. The quantitative estimate of drug-likeness (QED) is 0.0727. The topological polar surface area (TPSA) is 111 Å². The lowest BCUT2D eigenvalue weighted by atomic mass is 10.1. The lowest BCUT2D eigenvalue weighted by Gasteiger charge is -2.09. The highest BCUT2D eigenvalue weighted by atomic mass is 16.5. The lowest BCUT2D eigenvalue weighted by Crippen LogP contribution is -2.12. The molecular formula is C36H43N3O4. The summed E-state index contributed by atoms with van der Waals surface area (Å²) in [4.78, 5) is 35.7. The van der Waals surface area contributed by atoms with Crippen LogP contribution in [0.25, 0.3) is 0 Å². The summed E-state index contributed by atoms with van der Waals surface area (Å²) >= 11 is 0. The third kappa shape index (κ3) is 15.2. The van der Waals surface area contributed by atoms with Crippen molar-refractivity contribution >= 4 is 28.8 Å². The van der Waals surface area contributed by atoms with Crippen LogP contribution in [0.2, 0.25) is 0 Å². The molecule has 226 valence electrons. The van der Waals surface area contributed by atoms with Crippen LogP contribution in [0, 0.1) is 0 Å². The van der Waals surface area contributed by atoms with Crippen LogP contribution in [0.1, 0.15) is 85.9 Å². The number of nitrogens with zero attached hydrogens (tertiary/aromatic N) is 2. The van der Waals surface area contributed by atoms with Crippen molar-refractivity contribution < 1.29 is 19.1 Å². The van der Waals surface area contributed by atoms with Gasteiger partial charge in [-0.15, -0.1) is 0 Å². The minimum absolute atomic E-state index is 0.0231. The number of carbonyl (C=O) groups is 3. The summed E-state index contributed by atoms with van der Waals surface area (Å²) in [5, 5.41) is 8.28. The van der Waals surface area contributed by atoms with Crippen LogP contribution >= 0.6 is 0 Å². The van der Waals surface area contributed by atoms with E-state index in [9.17, 15) is 14.4 Å². The van der Waals surface area contributed by atoms with Crippen LogP contribution in [0.5, 0.6) is 5.75 Å². The number of primary amides is 1. The number of azo groups is 1. The van der Waals surface area contributed by atoms with E-state index in [-0.39, 0.29) is 18.2 Å². The highest BCUT2D eigenvalue weighted by Crippen LogP contribution is 2.27. The highest BCUT2D eigenvalue weighted by molar-refractivity contribution is 5.97. The predicted octanol–water partition coefficient (Wildman–Crippen LogP) is 9.27. The fourth-order valence-corrected chi connectivity index (χ4v) is 3.81. The van der Waals surface area contributed by atoms with E-state index in [2.05, 4.69) is 77.9 Å². The molecular weight excluding hydrogens is 538 g/mol. The molecule has 0 saturated heterocycles. The van der Waals surface area contributed by atoms with Gasteiger partial charge < -0.3 is 10.5 Å². The van der Waals surface area contributed by atoms with Crippen molar-refractivity contribution in [2.75, 3.05) is 6.61 Å². The summed E-state index contributed by atoms with van der Waals surface area (Å²) in [6.45, 7) is 3.47. The number of Topliss-reactive ketones (excluding diaryl/α,β-unsaturated/α-hetero) is 2. The van der Waals surface area contributed by atoms with Gasteiger partial charge in [-0.05, 0) is 94.3 Å². The second kappa shape index (κ2) is 21.1. The van der Waals surface area contributed by atoms with Gasteiger partial charge in [0.15, 0.2) is 11.6 Å². The van der Waals surface area contributed by atoms with Crippen molar-refractivity contribution in [3.63, 3.8) is 0 Å². The molecule has 0 saturated carbocycles. The first-order valence-electron chi connectivity index (χ1n) is 14.8. The summed E-state index contributed by atoms with van der Waals surface area (Å²) in [5.41, 5.74) is 6.94. The minimum atomic E-state index is -0.519. The van der Waals surface area contributed by atoms with Crippen LogP contribution in [0.4, 0.5) is 11.4 Å². The molecule has 0 unspecified atom stereocenters. The number of unbranched alkanes of at least 4 members (excludes halogenated alkanes) is 1. The molecule has 0 atom stereocenters. The van der Waals surface area contributed by atoms with Crippen LogP contribution in [0.3, 0.4) is 0 Å². The van der Waals surface area contributed by atoms with Gasteiger partial charge in [-0.2, -0.15) is 10.2 Å². The number of ketones is 2. The van der Waals surface area contributed by atoms with E-state index in [0.717, 1.165) is 44.9 Å². The number of benzene rings is 2. The second-order valence-electron chi connectivity index (χ2n) is 9.78. The number of carbonyl (C=O) groups excluding carboxylic acids is 3. The van der Waals surface area contributed by atoms with E-state index in [1.54, 1.807) is 42.5 Å². The number of ether oxygens (including phenoxy) is 1. The molecule has 0 radical (unpaired) electrons. The maximum Gasteiger partial charge on any atom is 0.248 e. The molecule has 0 fully saturated rings. The van der Waals surface area contributed by atoms with E-state index in [1.807, 2.05) is 0 Å². The zero-order chi connectivity index (χ0) is 31.1. The van der Waals surface area contributed by atoms with Gasteiger partial charge in [0.05, 0.1) is 16.9 Å². The van der Waals surface area contributed by atoms with E-state index >= 15 is 0 Å². The first kappa shape index (κ1) is 34.6. The highest BCUT2D eigenvalue weighted by Gasteiger charge is 2.12. The zero-order valence-electron chi connectivity index (χ0n) is 25.3. The molecule has 2 rings (SSSR count). The Bertz CT molecular complexity index is 1350. The van der Waals surface area contributed by atoms with Crippen molar-refractivity contribution in [1.29, 1.82) is 0 Å². The Labute approximate surface area is 255 Å². The second-order valence-corrected chi connectivity index (χ2v) is 9.78. The maximum atomic E-state index is 12.3. The monoisotopic (exact) mass is 581 g/mol. The van der Waals surface area contributed by atoms with Crippen molar-refractivity contribution in [1.82, 2.24) is 0 Å². The Morgan fingerprint density at radius 1 is 0.744 bits per heavy atom. The molecule has 0 bridgehead atoms. The van der Waals surface area contributed by atoms with Crippen molar-refractivity contribution in [3.05, 3.63) is 114 Å². The van der Waals surface area contributed by atoms with Gasteiger partial charge in [0.2, 0.25) is 5.91 Å². The van der Waals surface area contributed by atoms with Gasteiger partial charge in [0.1, 0.15) is 12.4 Å². The fraction of sp³-hybridized carbons (Fsp3) is 0.306. The van der Waals surface area contributed by atoms with Gasteiger partial charge in [-0.1, -0.05) is 67.7 Å². The summed E-state index contributed by atoms with van der Waals surface area (Å²) in [5.74, 6) is -0.411. The molecule has 0 aliphatic heterocycles. The molecule has 2 aromatic rings. The van der Waals surface area contributed by atoms with Crippen molar-refractivity contribution in [2.24, 2.45) is 16.0 Å². The third-order valence-electron chi connectivity index (χ3n) is 6.15. The summed E-state index contributed by atoms with van der Waals surface area (Å²) in [7, 11) is 0. The minimum Gasteiger partial charge on any atom is -0.485 e. The van der Waals surface area contributed by atoms with Gasteiger partial charge in [0, 0.05) is 12.0 Å². The number of hydrogen-bond acceptors (Lipinski definition) is 6. The number of amides is 1. The average Bonchev–Trinajstić information content (AvgIpc) is 3.00. The average molecular weight is 582 g/mol. The number of allylic oxidation sites excluding steroid dienone is 10. The SMILES string of the molecule is CCC=CCC=CCC=CCC=CCC=CCCCC(=O)COc1ccc(N=Nc2ccc(C(N)=O)cc2)cc1C(C)=O. The number of nitrogens with two attached hydrogens (primary N) is 1. The molecule has 7 heteroatoms. The van der Waals surface area contributed by atoms with E-state index < -0.39 is 5.91 Å². The van der Waals surface area contributed by atoms with Crippen molar-refractivity contribution in [3.8, 4) is 5.75 Å². The van der Waals surface area contributed by atoms with Gasteiger partial charge in [0.25, 0.3) is 0 Å². The van der Waals surface area contributed by atoms with E-state index in [0.29, 0.717) is 34.7 Å². The van der Waals surface area contributed by atoms with Gasteiger partial charge in [-0.25, -0.2) is 0 Å². The summed E-state index contributed by atoms with van der Waals surface area (Å²) < 4.78 is 5.67. The summed E-state index contributed by atoms with van der Waals surface area (Å²) in [6, 6.07) is 11.2. The molecule has 43 heavy (non-hydrogen) atoms. The first-order chi connectivity index (χ1) is 20.9. The van der Waals surface area contributed by atoms with Gasteiger partial charge in [-0.3, -0.25) is 14.4 Å². The van der Waals surface area contributed by atoms with Crippen molar-refractivity contribution in [2.45, 2.75) is 65.2 Å². The molecule has 0 aliphatic rings.